The zero-order valence-corrected chi connectivity index (χ0v) is 11.9. The molecule has 1 unspecified atom stereocenters. The van der Waals surface area contributed by atoms with E-state index in [1.54, 1.807) is 0 Å². The second kappa shape index (κ2) is 6.93. The standard InChI is InChI=1S/C15H27N3/c1-3-18-11-10-17-15(18)12-14(16-2)13-8-6-4-5-7-9-13/h10-11,13-14,16H,3-9,12H2,1-2H3. The van der Waals surface area contributed by atoms with Gasteiger partial charge in [-0.05, 0) is 32.7 Å². The van der Waals surface area contributed by atoms with Gasteiger partial charge in [0.1, 0.15) is 5.82 Å². The van der Waals surface area contributed by atoms with Crippen molar-refractivity contribution in [2.75, 3.05) is 7.05 Å². The maximum absolute atomic E-state index is 4.52. The van der Waals surface area contributed by atoms with Gasteiger partial charge in [0, 0.05) is 31.4 Å². The third-order valence-electron chi connectivity index (χ3n) is 4.38. The van der Waals surface area contributed by atoms with Crippen LogP contribution in [0.3, 0.4) is 0 Å². The van der Waals surface area contributed by atoms with Crippen molar-refractivity contribution in [3.63, 3.8) is 0 Å². The molecule has 1 heterocycles. The molecule has 18 heavy (non-hydrogen) atoms. The predicted octanol–water partition coefficient (Wildman–Crippen LogP) is 3.00. The van der Waals surface area contributed by atoms with Gasteiger partial charge in [-0.25, -0.2) is 4.98 Å². The summed E-state index contributed by atoms with van der Waals surface area (Å²) in [5.41, 5.74) is 0. The average Bonchev–Trinajstić information content (AvgIpc) is 2.67. The van der Waals surface area contributed by atoms with E-state index in [2.05, 4.69) is 35.0 Å². The van der Waals surface area contributed by atoms with Gasteiger partial charge in [0.25, 0.3) is 0 Å². The lowest BCUT2D eigenvalue weighted by Crippen LogP contribution is -2.36. The Balaban J connectivity index is 1.99. The van der Waals surface area contributed by atoms with Crippen molar-refractivity contribution in [3.05, 3.63) is 18.2 Å². The second-order valence-electron chi connectivity index (χ2n) is 5.48. The van der Waals surface area contributed by atoms with Gasteiger partial charge in [-0.1, -0.05) is 25.7 Å². The van der Waals surface area contributed by atoms with Crippen molar-refractivity contribution >= 4 is 0 Å². The third-order valence-corrected chi connectivity index (χ3v) is 4.38. The van der Waals surface area contributed by atoms with E-state index >= 15 is 0 Å². The van der Waals surface area contributed by atoms with Crippen LogP contribution < -0.4 is 5.32 Å². The van der Waals surface area contributed by atoms with Gasteiger partial charge in [0.2, 0.25) is 0 Å². The van der Waals surface area contributed by atoms with E-state index in [-0.39, 0.29) is 0 Å². The number of hydrogen-bond acceptors (Lipinski definition) is 2. The largest absolute Gasteiger partial charge is 0.335 e. The summed E-state index contributed by atoms with van der Waals surface area (Å²) in [6.45, 7) is 3.21. The molecule has 0 radical (unpaired) electrons. The molecule has 1 aliphatic rings. The number of likely N-dealkylation sites (N-methyl/N-ethyl adjacent to an activating group) is 1. The highest BCUT2D eigenvalue weighted by Crippen LogP contribution is 2.26. The average molecular weight is 249 g/mol. The number of imidazole rings is 1. The Morgan fingerprint density at radius 3 is 2.67 bits per heavy atom. The number of rotatable bonds is 5. The summed E-state index contributed by atoms with van der Waals surface area (Å²) in [5.74, 6) is 2.07. The van der Waals surface area contributed by atoms with Crippen LogP contribution in [0.5, 0.6) is 0 Å². The maximum Gasteiger partial charge on any atom is 0.110 e. The number of aryl methyl sites for hydroxylation is 1. The molecule has 102 valence electrons. The van der Waals surface area contributed by atoms with Crippen LogP contribution in [0.15, 0.2) is 12.4 Å². The van der Waals surface area contributed by atoms with E-state index in [9.17, 15) is 0 Å². The molecule has 1 N–H and O–H groups in total. The lowest BCUT2D eigenvalue weighted by atomic mass is 9.89. The quantitative estimate of drug-likeness (QED) is 0.813. The lowest BCUT2D eigenvalue weighted by Gasteiger charge is -2.25. The first-order valence-electron chi connectivity index (χ1n) is 7.52. The number of hydrogen-bond donors (Lipinski definition) is 1. The zero-order chi connectivity index (χ0) is 12.8. The molecule has 0 saturated heterocycles. The SMILES string of the molecule is CCn1ccnc1CC(NC)C1CCCCCC1. The minimum Gasteiger partial charge on any atom is -0.335 e. The van der Waals surface area contributed by atoms with Gasteiger partial charge in [0.05, 0.1) is 0 Å². The normalized spacial score (nSPS) is 19.7. The van der Waals surface area contributed by atoms with Crippen LogP contribution in [0.2, 0.25) is 0 Å². The van der Waals surface area contributed by atoms with Gasteiger partial charge in [-0.15, -0.1) is 0 Å². The Morgan fingerprint density at radius 2 is 2.06 bits per heavy atom. The van der Waals surface area contributed by atoms with Crippen molar-refractivity contribution in [2.45, 2.75) is 64.5 Å². The van der Waals surface area contributed by atoms with E-state index in [0.29, 0.717) is 6.04 Å². The van der Waals surface area contributed by atoms with Crippen molar-refractivity contribution in [1.29, 1.82) is 0 Å². The summed E-state index contributed by atoms with van der Waals surface area (Å²) in [6.07, 6.45) is 13.5. The Morgan fingerprint density at radius 1 is 1.33 bits per heavy atom. The van der Waals surface area contributed by atoms with Crippen molar-refractivity contribution < 1.29 is 0 Å². The molecular formula is C15H27N3. The maximum atomic E-state index is 4.52. The van der Waals surface area contributed by atoms with Crippen LogP contribution in [0.1, 0.15) is 51.3 Å². The summed E-state index contributed by atoms with van der Waals surface area (Å²) >= 11 is 0. The van der Waals surface area contributed by atoms with Crippen LogP contribution in [-0.2, 0) is 13.0 Å². The van der Waals surface area contributed by atoms with E-state index < -0.39 is 0 Å². The fourth-order valence-electron chi connectivity index (χ4n) is 3.23. The number of aromatic nitrogens is 2. The van der Waals surface area contributed by atoms with Crippen LogP contribution in [0.25, 0.3) is 0 Å². The van der Waals surface area contributed by atoms with E-state index in [1.807, 2.05) is 6.20 Å². The molecule has 3 heteroatoms. The molecule has 1 fully saturated rings. The summed E-state index contributed by atoms with van der Waals surface area (Å²) in [7, 11) is 2.11. The lowest BCUT2D eigenvalue weighted by molar-refractivity contribution is 0.326. The molecule has 1 atom stereocenters. The monoisotopic (exact) mass is 249 g/mol. The van der Waals surface area contributed by atoms with Crippen LogP contribution in [0.4, 0.5) is 0 Å². The molecule has 2 rings (SSSR count). The molecule has 0 aromatic carbocycles. The van der Waals surface area contributed by atoms with Crippen LogP contribution in [0, 0.1) is 5.92 Å². The van der Waals surface area contributed by atoms with Gasteiger partial charge in [-0.2, -0.15) is 0 Å². The van der Waals surface area contributed by atoms with Crippen LogP contribution >= 0.6 is 0 Å². The molecule has 1 aliphatic carbocycles. The Labute approximate surface area is 111 Å². The van der Waals surface area contributed by atoms with Crippen molar-refractivity contribution in [2.24, 2.45) is 5.92 Å². The molecule has 3 nitrogen and oxygen atoms in total. The van der Waals surface area contributed by atoms with Gasteiger partial charge in [-0.3, -0.25) is 0 Å². The van der Waals surface area contributed by atoms with Crippen LogP contribution in [-0.4, -0.2) is 22.6 Å². The van der Waals surface area contributed by atoms with Crippen molar-refractivity contribution in [1.82, 2.24) is 14.9 Å². The molecule has 0 spiro atoms. The highest BCUT2D eigenvalue weighted by atomic mass is 15.1. The zero-order valence-electron chi connectivity index (χ0n) is 11.9. The highest BCUT2D eigenvalue weighted by Gasteiger charge is 2.22. The van der Waals surface area contributed by atoms with E-state index in [0.717, 1.165) is 18.9 Å². The third kappa shape index (κ3) is 3.35. The molecule has 0 aliphatic heterocycles. The highest BCUT2D eigenvalue weighted by molar-refractivity contribution is 4.97. The Kier molecular flexibility index (Phi) is 5.24. The van der Waals surface area contributed by atoms with E-state index in [4.69, 9.17) is 0 Å². The van der Waals surface area contributed by atoms with Gasteiger partial charge in [0.15, 0.2) is 0 Å². The first-order valence-corrected chi connectivity index (χ1v) is 7.52. The predicted molar refractivity (Wildman–Crippen MR) is 75.6 cm³/mol. The molecule has 1 aromatic rings. The summed E-state index contributed by atoms with van der Waals surface area (Å²) in [4.78, 5) is 4.52. The minimum absolute atomic E-state index is 0.593. The van der Waals surface area contributed by atoms with Gasteiger partial charge >= 0.3 is 0 Å². The Hall–Kier alpha value is -0.830. The summed E-state index contributed by atoms with van der Waals surface area (Å²) in [6, 6.07) is 0.593. The fraction of sp³-hybridized carbons (Fsp3) is 0.800. The van der Waals surface area contributed by atoms with Crippen molar-refractivity contribution in [3.8, 4) is 0 Å². The first kappa shape index (κ1) is 13.6. The molecule has 0 amide bonds. The topological polar surface area (TPSA) is 29.9 Å². The van der Waals surface area contributed by atoms with Gasteiger partial charge < -0.3 is 9.88 Å². The first-order chi connectivity index (χ1) is 8.85. The minimum atomic E-state index is 0.593. The Bertz CT molecular complexity index is 337. The molecular weight excluding hydrogens is 222 g/mol. The fourth-order valence-corrected chi connectivity index (χ4v) is 3.23. The molecule has 0 bridgehead atoms. The number of nitrogens with zero attached hydrogens (tertiary/aromatic N) is 2. The summed E-state index contributed by atoms with van der Waals surface area (Å²) < 4.78 is 2.26. The molecule has 1 saturated carbocycles. The smallest absolute Gasteiger partial charge is 0.110 e. The molecule has 1 aromatic heterocycles. The number of nitrogens with one attached hydrogen (secondary N) is 1. The second-order valence-corrected chi connectivity index (χ2v) is 5.48. The summed E-state index contributed by atoms with van der Waals surface area (Å²) in [5, 5.41) is 3.54. The van der Waals surface area contributed by atoms with E-state index in [1.165, 1.54) is 44.3 Å².